The van der Waals surface area contributed by atoms with E-state index in [1.807, 2.05) is 0 Å². The number of fused-ring (bicyclic) bond motifs is 8. The number of para-hydroxylation sites is 1. The van der Waals surface area contributed by atoms with Crippen molar-refractivity contribution in [1.29, 1.82) is 0 Å². The van der Waals surface area contributed by atoms with Crippen LogP contribution in [0.15, 0.2) is 59.0 Å². The Balaban J connectivity index is 1.61. The highest BCUT2D eigenvalue weighted by Gasteiger charge is 2.33. The van der Waals surface area contributed by atoms with Crippen LogP contribution in [0.4, 0.5) is 5.69 Å². The first-order valence-electron chi connectivity index (χ1n) is 11.5. The van der Waals surface area contributed by atoms with Gasteiger partial charge in [0.1, 0.15) is 11.2 Å². The largest absolute Gasteiger partial charge is 0.456 e. The fraction of sp³-hybridized carbons (Fsp3) is 0.310. The summed E-state index contributed by atoms with van der Waals surface area (Å²) in [6.07, 6.45) is 4.75. The van der Waals surface area contributed by atoms with E-state index in [0.717, 1.165) is 30.6 Å². The van der Waals surface area contributed by atoms with Gasteiger partial charge in [-0.05, 0) is 67.0 Å². The molecule has 2 aliphatic rings. The summed E-state index contributed by atoms with van der Waals surface area (Å²) in [5, 5.41) is 2.44. The zero-order valence-electron chi connectivity index (χ0n) is 18.8. The number of hydrogen-bond acceptors (Lipinski definition) is 2. The molecule has 0 saturated heterocycles. The van der Waals surface area contributed by atoms with Crippen LogP contribution in [0.5, 0.6) is 0 Å². The first kappa shape index (κ1) is 18.7. The summed E-state index contributed by atoms with van der Waals surface area (Å²) in [6, 6.07) is 18.1. The van der Waals surface area contributed by atoms with Crippen LogP contribution in [0, 0.1) is 19.8 Å². The summed E-state index contributed by atoms with van der Waals surface area (Å²) in [7, 11) is 0. The van der Waals surface area contributed by atoms with E-state index in [2.05, 4.69) is 87.2 Å². The number of benzene rings is 3. The van der Waals surface area contributed by atoms with Gasteiger partial charge in [-0.3, -0.25) is 0 Å². The van der Waals surface area contributed by atoms with Crippen molar-refractivity contribution in [2.45, 2.75) is 46.6 Å². The van der Waals surface area contributed by atoms with Crippen LogP contribution >= 0.6 is 0 Å². The van der Waals surface area contributed by atoms with Crippen molar-refractivity contribution in [3.63, 3.8) is 0 Å². The number of furan rings is 1. The highest BCUT2D eigenvalue weighted by Crippen LogP contribution is 2.48. The molecule has 1 unspecified atom stereocenters. The lowest BCUT2D eigenvalue weighted by Gasteiger charge is -2.43. The number of aryl methyl sites for hydroxylation is 2. The Kier molecular flexibility index (Phi) is 4.08. The molecule has 0 saturated carbocycles. The van der Waals surface area contributed by atoms with Crippen LogP contribution in [0.1, 0.15) is 54.1 Å². The molecule has 0 fully saturated rings. The van der Waals surface area contributed by atoms with Gasteiger partial charge in [0.25, 0.3) is 0 Å². The van der Waals surface area contributed by atoms with Crippen molar-refractivity contribution >= 4 is 33.2 Å². The molecular formula is C29H29NO. The second-order valence-electron chi connectivity index (χ2n) is 9.79. The molecule has 0 N–H and O–H groups in total. The number of allylic oxidation sites excluding steroid dienone is 1. The lowest BCUT2D eigenvalue weighted by molar-refractivity contribution is 0.637. The normalized spacial score (nSPS) is 17.6. The van der Waals surface area contributed by atoms with E-state index in [9.17, 15) is 0 Å². The van der Waals surface area contributed by atoms with E-state index in [1.54, 1.807) is 5.56 Å². The first-order chi connectivity index (χ1) is 15.0. The average Bonchev–Trinajstić information content (AvgIpc) is 3.10. The second kappa shape index (κ2) is 6.75. The highest BCUT2D eigenvalue weighted by atomic mass is 16.3. The van der Waals surface area contributed by atoms with Gasteiger partial charge in [-0.2, -0.15) is 0 Å². The molecule has 1 aromatic heterocycles. The van der Waals surface area contributed by atoms with E-state index < -0.39 is 0 Å². The number of hydrogen-bond donors (Lipinski definition) is 0. The minimum absolute atomic E-state index is 0.311. The summed E-state index contributed by atoms with van der Waals surface area (Å²) in [5.41, 5.74) is 12.0. The Labute approximate surface area is 184 Å². The Hall–Kier alpha value is -3.00. The van der Waals surface area contributed by atoms with E-state index in [1.165, 1.54) is 44.3 Å². The van der Waals surface area contributed by atoms with Gasteiger partial charge in [0, 0.05) is 34.6 Å². The molecule has 3 aromatic carbocycles. The molecule has 2 aliphatic heterocycles. The summed E-state index contributed by atoms with van der Waals surface area (Å²) in [6.45, 7) is 10.2. The van der Waals surface area contributed by atoms with Gasteiger partial charge in [0.05, 0.1) is 6.04 Å². The molecule has 0 spiro atoms. The molecule has 4 aromatic rings. The predicted molar refractivity (Wildman–Crippen MR) is 131 cm³/mol. The van der Waals surface area contributed by atoms with Gasteiger partial charge in [-0.15, -0.1) is 0 Å². The van der Waals surface area contributed by atoms with E-state index in [0.29, 0.717) is 12.0 Å². The van der Waals surface area contributed by atoms with Crippen molar-refractivity contribution < 1.29 is 4.42 Å². The standard InChI is InChI=1S/C29H29NO/c1-17(2)11-20-14-26-24-13-18(3)12-19(4)21(24)9-10-30(26)27-16-29-25(15-23(20)27)22-7-5-6-8-28(22)31-29/h5-8,12-17,26H,9-11H2,1-4H3. The van der Waals surface area contributed by atoms with Gasteiger partial charge in [0.2, 0.25) is 0 Å². The van der Waals surface area contributed by atoms with Crippen molar-refractivity contribution in [2.24, 2.45) is 5.92 Å². The number of anilines is 1. The average molecular weight is 408 g/mol. The molecule has 0 bridgehead atoms. The third kappa shape index (κ3) is 2.85. The highest BCUT2D eigenvalue weighted by molar-refractivity contribution is 6.08. The van der Waals surface area contributed by atoms with E-state index >= 15 is 0 Å². The fourth-order valence-electron chi connectivity index (χ4n) is 5.78. The Bertz CT molecular complexity index is 1370. The minimum atomic E-state index is 0.311. The minimum Gasteiger partial charge on any atom is -0.456 e. The topological polar surface area (TPSA) is 16.4 Å². The van der Waals surface area contributed by atoms with Crippen molar-refractivity contribution in [3.05, 3.63) is 82.4 Å². The van der Waals surface area contributed by atoms with Gasteiger partial charge >= 0.3 is 0 Å². The monoisotopic (exact) mass is 407 g/mol. The predicted octanol–water partition coefficient (Wildman–Crippen LogP) is 7.75. The first-order valence-corrected chi connectivity index (χ1v) is 11.5. The van der Waals surface area contributed by atoms with Gasteiger partial charge in [-0.25, -0.2) is 0 Å². The quantitative estimate of drug-likeness (QED) is 0.338. The zero-order chi connectivity index (χ0) is 21.3. The molecule has 6 rings (SSSR count). The van der Waals surface area contributed by atoms with Crippen LogP contribution in [0.25, 0.3) is 27.5 Å². The van der Waals surface area contributed by atoms with Gasteiger partial charge in [-0.1, -0.05) is 55.8 Å². The summed E-state index contributed by atoms with van der Waals surface area (Å²) >= 11 is 0. The molecule has 0 aliphatic carbocycles. The molecule has 2 nitrogen and oxygen atoms in total. The molecule has 2 heteroatoms. The van der Waals surface area contributed by atoms with Gasteiger partial charge in [0.15, 0.2) is 0 Å². The number of rotatable bonds is 2. The van der Waals surface area contributed by atoms with Crippen LogP contribution in [-0.4, -0.2) is 6.54 Å². The van der Waals surface area contributed by atoms with Gasteiger partial charge < -0.3 is 9.32 Å². The van der Waals surface area contributed by atoms with Crippen LogP contribution in [-0.2, 0) is 6.42 Å². The molecule has 156 valence electrons. The molecule has 31 heavy (non-hydrogen) atoms. The maximum atomic E-state index is 6.28. The molecule has 1 atom stereocenters. The molecule has 0 amide bonds. The van der Waals surface area contributed by atoms with Crippen molar-refractivity contribution in [3.8, 4) is 0 Å². The van der Waals surface area contributed by atoms with Crippen LogP contribution in [0.3, 0.4) is 0 Å². The third-order valence-electron chi connectivity index (χ3n) is 7.05. The molecule has 0 radical (unpaired) electrons. The maximum absolute atomic E-state index is 6.28. The maximum Gasteiger partial charge on any atom is 0.137 e. The summed E-state index contributed by atoms with van der Waals surface area (Å²) < 4.78 is 6.28. The fourth-order valence-corrected chi connectivity index (χ4v) is 5.78. The summed E-state index contributed by atoms with van der Waals surface area (Å²) in [4.78, 5) is 2.60. The van der Waals surface area contributed by atoms with Crippen LogP contribution < -0.4 is 4.90 Å². The Morgan fingerprint density at radius 2 is 1.84 bits per heavy atom. The smallest absolute Gasteiger partial charge is 0.137 e. The molecule has 3 heterocycles. The Morgan fingerprint density at radius 3 is 2.68 bits per heavy atom. The molecular weight excluding hydrogens is 378 g/mol. The van der Waals surface area contributed by atoms with E-state index in [4.69, 9.17) is 4.42 Å². The van der Waals surface area contributed by atoms with Crippen molar-refractivity contribution in [1.82, 2.24) is 0 Å². The Morgan fingerprint density at radius 1 is 1.00 bits per heavy atom. The van der Waals surface area contributed by atoms with E-state index in [-0.39, 0.29) is 0 Å². The van der Waals surface area contributed by atoms with Crippen molar-refractivity contribution in [2.75, 3.05) is 11.4 Å². The SMILES string of the molecule is Cc1cc(C)c2c(c1)C1C=C(CC(C)C)c3cc4c(cc3N1CC2)oc1ccccc14. The third-order valence-corrected chi connectivity index (χ3v) is 7.05. The zero-order valence-corrected chi connectivity index (χ0v) is 18.8. The second-order valence-corrected chi connectivity index (χ2v) is 9.79. The van der Waals surface area contributed by atoms with Crippen LogP contribution in [0.2, 0.25) is 0 Å². The summed E-state index contributed by atoms with van der Waals surface area (Å²) in [5.74, 6) is 0.616. The number of nitrogens with zero attached hydrogens (tertiary/aromatic N) is 1. The lowest BCUT2D eigenvalue weighted by Crippen LogP contribution is -2.37. The lowest BCUT2D eigenvalue weighted by atomic mass is 9.81.